The van der Waals surface area contributed by atoms with E-state index >= 15 is 8.78 Å². The zero-order chi connectivity index (χ0) is 29.8. The van der Waals surface area contributed by atoms with Crippen molar-refractivity contribution in [1.82, 2.24) is 9.88 Å². The number of nitrogens with one attached hydrogen (secondary N) is 1. The van der Waals surface area contributed by atoms with Crippen molar-refractivity contribution in [2.24, 2.45) is 11.8 Å². The smallest absolute Gasteiger partial charge is 0.323 e. The van der Waals surface area contributed by atoms with Gasteiger partial charge in [0.05, 0.1) is 11.1 Å². The maximum atomic E-state index is 15.4. The number of esters is 1. The number of benzene rings is 1. The third kappa shape index (κ3) is 6.95. The lowest BCUT2D eigenvalue weighted by Gasteiger charge is -2.26. The first-order chi connectivity index (χ1) is 19.5. The maximum Gasteiger partial charge on any atom is 0.323 e. The molecule has 2 atom stereocenters. The summed E-state index contributed by atoms with van der Waals surface area (Å²) in [4.78, 5) is 38.4. The second kappa shape index (κ2) is 12.8. The van der Waals surface area contributed by atoms with Crippen LogP contribution in [-0.2, 0) is 9.53 Å². The predicted octanol–water partition coefficient (Wildman–Crippen LogP) is 5.44. The molecule has 4 rings (SSSR count). The van der Waals surface area contributed by atoms with Gasteiger partial charge in [0.25, 0.3) is 5.56 Å². The molecule has 2 aliphatic carbocycles. The van der Waals surface area contributed by atoms with Gasteiger partial charge >= 0.3 is 5.97 Å². The number of allylic oxidation sites excluding steroid dienone is 3. The molecular weight excluding hydrogens is 542 g/mol. The van der Waals surface area contributed by atoms with Crippen molar-refractivity contribution in [2.45, 2.75) is 64.5 Å². The molecule has 1 unspecified atom stereocenters. The number of aromatic nitrogens is 1. The van der Waals surface area contributed by atoms with Crippen LogP contribution in [-0.4, -0.2) is 35.0 Å². The Morgan fingerprint density at radius 2 is 1.76 bits per heavy atom. The second-order valence-electron chi connectivity index (χ2n) is 10.9. The highest BCUT2D eigenvalue weighted by molar-refractivity contribution is 6.12. The molecule has 11 heteroatoms. The van der Waals surface area contributed by atoms with Crippen LogP contribution in [0.3, 0.4) is 0 Å². The van der Waals surface area contributed by atoms with Crippen LogP contribution < -0.4 is 16.6 Å². The number of ether oxygens (including phenoxy) is 1. The number of nitrogens with two attached hydrogens (primary N) is 1. The summed E-state index contributed by atoms with van der Waals surface area (Å²) in [5.74, 6) is -6.62. The van der Waals surface area contributed by atoms with Crippen LogP contribution in [0.2, 0.25) is 0 Å². The molecule has 0 amide bonds. The van der Waals surface area contributed by atoms with Crippen LogP contribution in [0.5, 0.6) is 0 Å². The Bertz CT molecular complexity index is 1440. The van der Waals surface area contributed by atoms with Gasteiger partial charge < -0.3 is 15.8 Å². The number of halogens is 4. The Hall–Kier alpha value is -3.73. The van der Waals surface area contributed by atoms with E-state index < -0.39 is 63.7 Å². The van der Waals surface area contributed by atoms with E-state index in [4.69, 9.17) is 10.5 Å². The van der Waals surface area contributed by atoms with Crippen LogP contribution in [0.4, 0.5) is 23.4 Å². The highest BCUT2D eigenvalue weighted by atomic mass is 19.1. The van der Waals surface area contributed by atoms with Gasteiger partial charge in [0, 0.05) is 25.1 Å². The molecule has 0 bridgehead atoms. The summed E-state index contributed by atoms with van der Waals surface area (Å²) in [7, 11) is 0. The van der Waals surface area contributed by atoms with E-state index in [0.717, 1.165) is 56.0 Å². The Morgan fingerprint density at radius 1 is 1.07 bits per heavy atom. The molecular formula is C30H33F4N3O4. The molecule has 1 aromatic carbocycles. The van der Waals surface area contributed by atoms with Gasteiger partial charge in [-0.1, -0.05) is 13.8 Å². The third-order valence-corrected chi connectivity index (χ3v) is 7.28. The number of ketones is 1. The third-order valence-electron chi connectivity index (χ3n) is 7.28. The number of carbonyl (C=O) groups is 2. The van der Waals surface area contributed by atoms with E-state index in [0.29, 0.717) is 17.1 Å². The lowest BCUT2D eigenvalue weighted by Crippen LogP contribution is -2.42. The summed E-state index contributed by atoms with van der Waals surface area (Å²) < 4.78 is 64.5. The molecule has 41 heavy (non-hydrogen) atoms. The zero-order valence-corrected chi connectivity index (χ0v) is 22.9. The molecule has 0 radical (unpaired) electrons. The predicted molar refractivity (Wildman–Crippen MR) is 146 cm³/mol. The monoisotopic (exact) mass is 575 g/mol. The Labute approximate surface area is 235 Å². The van der Waals surface area contributed by atoms with Gasteiger partial charge in [-0.05, 0) is 68.2 Å². The topological polar surface area (TPSA) is 103 Å². The molecule has 0 spiro atoms. The number of hydrogen-bond acceptors (Lipinski definition) is 6. The minimum Gasteiger partial charge on any atom is -0.461 e. The van der Waals surface area contributed by atoms with E-state index in [-0.39, 0.29) is 36.5 Å². The van der Waals surface area contributed by atoms with Crippen molar-refractivity contribution < 1.29 is 31.9 Å². The average molecular weight is 576 g/mol. The second-order valence-corrected chi connectivity index (χ2v) is 10.9. The van der Waals surface area contributed by atoms with E-state index in [1.807, 2.05) is 13.8 Å². The van der Waals surface area contributed by atoms with Gasteiger partial charge in [-0.25, -0.2) is 17.6 Å². The molecule has 1 heterocycles. The van der Waals surface area contributed by atoms with Gasteiger partial charge in [0.2, 0.25) is 0 Å². The Kier molecular flexibility index (Phi) is 9.47. The van der Waals surface area contributed by atoms with Crippen LogP contribution in [0.1, 0.15) is 68.3 Å². The average Bonchev–Trinajstić information content (AvgIpc) is 3.40. The van der Waals surface area contributed by atoms with Crippen molar-refractivity contribution in [2.75, 3.05) is 12.3 Å². The first kappa shape index (κ1) is 30.2. The fourth-order valence-electron chi connectivity index (χ4n) is 5.24. The number of pyridine rings is 1. The van der Waals surface area contributed by atoms with E-state index in [9.17, 15) is 23.2 Å². The summed E-state index contributed by atoms with van der Waals surface area (Å²) in [6.07, 6.45) is 4.85. The molecule has 2 aromatic rings. The summed E-state index contributed by atoms with van der Waals surface area (Å²) in [5, 5.41) is 3.09. The van der Waals surface area contributed by atoms with Crippen molar-refractivity contribution in [3.05, 3.63) is 81.2 Å². The summed E-state index contributed by atoms with van der Waals surface area (Å²) in [5.41, 5.74) is 3.46. The van der Waals surface area contributed by atoms with Gasteiger partial charge in [-0.2, -0.15) is 0 Å². The fourth-order valence-corrected chi connectivity index (χ4v) is 5.24. The zero-order valence-electron chi connectivity index (χ0n) is 22.9. The van der Waals surface area contributed by atoms with Crippen LogP contribution >= 0.6 is 0 Å². The molecule has 1 fully saturated rings. The lowest BCUT2D eigenvalue weighted by atomic mass is 9.95. The van der Waals surface area contributed by atoms with Crippen LogP contribution in [0.15, 0.2) is 52.9 Å². The molecule has 7 nitrogen and oxygen atoms in total. The van der Waals surface area contributed by atoms with Crippen LogP contribution in [0.25, 0.3) is 5.70 Å². The molecule has 220 valence electrons. The summed E-state index contributed by atoms with van der Waals surface area (Å²) >= 11 is 0. The number of nitrogens with zero attached hydrogens (tertiary/aromatic N) is 1. The first-order valence-corrected chi connectivity index (χ1v) is 13.7. The van der Waals surface area contributed by atoms with Gasteiger partial charge in [-0.3, -0.25) is 19.0 Å². The largest absolute Gasteiger partial charge is 0.461 e. The number of nitrogen functional groups attached to an aromatic ring is 1. The molecule has 0 aliphatic heterocycles. The Morgan fingerprint density at radius 3 is 2.39 bits per heavy atom. The van der Waals surface area contributed by atoms with Crippen molar-refractivity contribution >= 4 is 23.3 Å². The van der Waals surface area contributed by atoms with Crippen molar-refractivity contribution in [1.29, 1.82) is 0 Å². The minimum atomic E-state index is -1.15. The normalized spacial score (nSPS) is 18.5. The first-order valence-electron chi connectivity index (χ1n) is 13.7. The fraction of sp³-hybridized carbons (Fsp3) is 0.433. The quantitative estimate of drug-likeness (QED) is 0.222. The molecule has 3 N–H and O–H groups in total. The number of anilines is 1. The molecule has 0 saturated heterocycles. The van der Waals surface area contributed by atoms with Crippen molar-refractivity contribution in [3.8, 4) is 0 Å². The Balaban J connectivity index is 1.54. The van der Waals surface area contributed by atoms with Gasteiger partial charge in [-0.15, -0.1) is 0 Å². The van der Waals surface area contributed by atoms with Crippen LogP contribution in [0, 0.1) is 23.5 Å². The molecule has 2 aliphatic rings. The highest BCUT2D eigenvalue weighted by Crippen LogP contribution is 2.35. The van der Waals surface area contributed by atoms with Gasteiger partial charge in [0.15, 0.2) is 5.78 Å². The summed E-state index contributed by atoms with van der Waals surface area (Å²) in [6, 6.07) is 3.57. The molecule has 1 aromatic heterocycles. The van der Waals surface area contributed by atoms with E-state index in [1.54, 1.807) is 0 Å². The highest BCUT2D eigenvalue weighted by Gasteiger charge is 2.31. The lowest BCUT2D eigenvalue weighted by molar-refractivity contribution is -0.151. The molecule has 1 saturated carbocycles. The number of hydrogen-bond donors (Lipinski definition) is 2. The number of carbonyl (C=O) groups excluding carboxylic acids is 2. The standard InChI is InChI=1S/C30H33F4N3O4/c1-16(2)11-25(30(40)41-19-5-3-4-6-19)36-15-17-12-23(33)27(24(34)13-17)37-26(38)10-9-21(29(37)35)28(39)20-8-7-18(31)14-22(20)32/h7-10,12,14,16-17,19,25,36H,3-6,11,13,15,35H2,1-2H3/t17?,25-/m0/s1. The van der Waals surface area contributed by atoms with E-state index in [2.05, 4.69) is 5.32 Å². The minimum absolute atomic E-state index is 0.0675. The number of rotatable bonds is 10. The summed E-state index contributed by atoms with van der Waals surface area (Å²) in [6.45, 7) is 3.98. The van der Waals surface area contributed by atoms with Gasteiger partial charge in [0.1, 0.15) is 46.9 Å². The van der Waals surface area contributed by atoms with Crippen molar-refractivity contribution in [3.63, 3.8) is 0 Å². The maximum absolute atomic E-state index is 15.4. The SMILES string of the molecule is CC(C)C[C@H](NCC1C=C(F)C(n2c(N)c(C(=O)c3ccc(F)cc3F)ccc2=O)=C(F)C1)C(=O)OC1CCCC1. The van der Waals surface area contributed by atoms with E-state index in [1.165, 1.54) is 0 Å².